The number of nitrogens with one attached hydrogen (secondary N) is 1. The van der Waals surface area contributed by atoms with Gasteiger partial charge in [0, 0.05) is 39.6 Å². The van der Waals surface area contributed by atoms with Gasteiger partial charge < -0.3 is 14.8 Å². The van der Waals surface area contributed by atoms with Gasteiger partial charge in [-0.05, 0) is 12.3 Å². The highest BCUT2D eigenvalue weighted by molar-refractivity contribution is 14.0. The van der Waals surface area contributed by atoms with E-state index >= 15 is 0 Å². The van der Waals surface area contributed by atoms with E-state index in [1.165, 1.54) is 12.8 Å². The second-order valence-electron chi connectivity index (χ2n) is 6.05. The molecule has 0 saturated carbocycles. The summed E-state index contributed by atoms with van der Waals surface area (Å²) in [5.41, 5.74) is 0. The summed E-state index contributed by atoms with van der Waals surface area (Å²) >= 11 is 0. The lowest BCUT2D eigenvalue weighted by Gasteiger charge is -2.23. The number of guanidine groups is 1. The molecule has 0 saturated heterocycles. The van der Waals surface area contributed by atoms with Crippen LogP contribution in [0.3, 0.4) is 0 Å². The lowest BCUT2D eigenvalue weighted by atomic mass is 10.2. The van der Waals surface area contributed by atoms with Gasteiger partial charge in [0.2, 0.25) is 0 Å². The second kappa shape index (κ2) is 12.5. The van der Waals surface area contributed by atoms with Gasteiger partial charge in [-0.1, -0.05) is 34.1 Å². The monoisotopic (exact) mass is 436 g/mol. The number of aliphatic imine (C=N–C) groups is 1. The van der Waals surface area contributed by atoms with Crippen LogP contribution in [0.15, 0.2) is 11.3 Å². The number of nitrogens with zero attached hydrogens (tertiary/aromatic N) is 5. The van der Waals surface area contributed by atoms with Crippen LogP contribution in [0.4, 0.5) is 0 Å². The SMILES string of the molecule is CCCCN(C)C(=NCC(C)C)NCCn1cnnc1CC.I. The summed E-state index contributed by atoms with van der Waals surface area (Å²) in [5.74, 6) is 2.59. The normalized spacial score (nSPS) is 11.5. The first kappa shape index (κ1) is 22.1. The lowest BCUT2D eigenvalue weighted by molar-refractivity contribution is 0.457. The maximum atomic E-state index is 4.73. The zero-order valence-corrected chi connectivity index (χ0v) is 17.6. The van der Waals surface area contributed by atoms with E-state index in [1.807, 2.05) is 0 Å². The highest BCUT2D eigenvalue weighted by Gasteiger charge is 2.07. The van der Waals surface area contributed by atoms with Crippen molar-refractivity contribution < 1.29 is 0 Å². The van der Waals surface area contributed by atoms with Gasteiger partial charge in [0.25, 0.3) is 0 Å². The summed E-state index contributed by atoms with van der Waals surface area (Å²) in [6.45, 7) is 12.3. The van der Waals surface area contributed by atoms with Gasteiger partial charge in [0.1, 0.15) is 12.2 Å². The molecule has 23 heavy (non-hydrogen) atoms. The van der Waals surface area contributed by atoms with Crippen LogP contribution >= 0.6 is 24.0 Å². The molecule has 0 atom stereocenters. The third-order valence-electron chi connectivity index (χ3n) is 3.46. The smallest absolute Gasteiger partial charge is 0.193 e. The maximum absolute atomic E-state index is 4.73. The molecule has 0 fully saturated rings. The fourth-order valence-corrected chi connectivity index (χ4v) is 2.11. The Hall–Kier alpha value is -0.860. The van der Waals surface area contributed by atoms with E-state index in [9.17, 15) is 0 Å². The first-order valence-electron chi connectivity index (χ1n) is 8.44. The number of halogens is 1. The van der Waals surface area contributed by atoms with Crippen LogP contribution in [0, 0.1) is 5.92 Å². The summed E-state index contributed by atoms with van der Waals surface area (Å²) in [7, 11) is 2.11. The minimum atomic E-state index is 0. The van der Waals surface area contributed by atoms with Crippen molar-refractivity contribution in [1.82, 2.24) is 25.0 Å². The Balaban J connectivity index is 0.00000484. The van der Waals surface area contributed by atoms with Crippen LogP contribution in [0.25, 0.3) is 0 Å². The standard InChI is InChI=1S/C16H32N6.HI/c1-6-8-10-21(5)16(18-12-14(3)4)17-9-11-22-13-19-20-15(22)7-2;/h13-14H,6-12H2,1-5H3,(H,17,18);1H. The summed E-state index contributed by atoms with van der Waals surface area (Å²) in [5, 5.41) is 11.6. The molecule has 0 aliphatic rings. The van der Waals surface area contributed by atoms with Crippen molar-refractivity contribution in [2.75, 3.05) is 26.7 Å². The largest absolute Gasteiger partial charge is 0.354 e. The molecule has 0 amide bonds. The number of hydrogen-bond donors (Lipinski definition) is 1. The van der Waals surface area contributed by atoms with Crippen molar-refractivity contribution in [2.24, 2.45) is 10.9 Å². The maximum Gasteiger partial charge on any atom is 0.193 e. The van der Waals surface area contributed by atoms with E-state index in [0.29, 0.717) is 5.92 Å². The Bertz CT molecular complexity index is 444. The number of unbranched alkanes of at least 4 members (excludes halogenated alkanes) is 1. The predicted octanol–water partition coefficient (Wildman–Crippen LogP) is 2.79. The van der Waals surface area contributed by atoms with E-state index in [1.54, 1.807) is 6.33 Å². The molecule has 7 heteroatoms. The van der Waals surface area contributed by atoms with Crippen molar-refractivity contribution in [3.8, 4) is 0 Å². The summed E-state index contributed by atoms with van der Waals surface area (Å²) < 4.78 is 2.10. The van der Waals surface area contributed by atoms with Crippen molar-refractivity contribution in [3.05, 3.63) is 12.2 Å². The van der Waals surface area contributed by atoms with E-state index in [2.05, 4.69) is 59.7 Å². The Labute approximate surface area is 158 Å². The average molecular weight is 436 g/mol. The third kappa shape index (κ3) is 8.53. The quantitative estimate of drug-likeness (QED) is 0.368. The van der Waals surface area contributed by atoms with Crippen LogP contribution < -0.4 is 5.32 Å². The molecule has 1 rings (SSSR count). The summed E-state index contributed by atoms with van der Waals surface area (Å²) in [6, 6.07) is 0. The Morgan fingerprint density at radius 1 is 1.39 bits per heavy atom. The van der Waals surface area contributed by atoms with E-state index < -0.39 is 0 Å². The molecule has 1 aromatic rings. The number of aromatic nitrogens is 3. The molecule has 0 aliphatic carbocycles. The number of rotatable bonds is 9. The molecule has 1 N–H and O–H groups in total. The minimum Gasteiger partial charge on any atom is -0.354 e. The first-order valence-corrected chi connectivity index (χ1v) is 8.44. The fraction of sp³-hybridized carbons (Fsp3) is 0.812. The van der Waals surface area contributed by atoms with E-state index in [0.717, 1.165) is 44.4 Å². The topological polar surface area (TPSA) is 58.3 Å². The molecule has 0 aliphatic heterocycles. The van der Waals surface area contributed by atoms with Gasteiger partial charge in [-0.25, -0.2) is 0 Å². The minimum absolute atomic E-state index is 0. The lowest BCUT2D eigenvalue weighted by Crippen LogP contribution is -2.41. The van der Waals surface area contributed by atoms with Gasteiger partial charge in [-0.3, -0.25) is 4.99 Å². The zero-order chi connectivity index (χ0) is 16.4. The van der Waals surface area contributed by atoms with Crippen LogP contribution in [0.1, 0.15) is 46.4 Å². The Morgan fingerprint density at radius 3 is 2.74 bits per heavy atom. The van der Waals surface area contributed by atoms with Crippen molar-refractivity contribution in [3.63, 3.8) is 0 Å². The van der Waals surface area contributed by atoms with Crippen LogP contribution in [-0.2, 0) is 13.0 Å². The van der Waals surface area contributed by atoms with Gasteiger partial charge >= 0.3 is 0 Å². The molecule has 0 aromatic carbocycles. The van der Waals surface area contributed by atoms with E-state index in [4.69, 9.17) is 4.99 Å². The van der Waals surface area contributed by atoms with Crippen LogP contribution in [-0.4, -0.2) is 52.3 Å². The predicted molar refractivity (Wildman–Crippen MR) is 107 cm³/mol. The average Bonchev–Trinajstić information content (AvgIpc) is 2.95. The van der Waals surface area contributed by atoms with Crippen molar-refractivity contribution >= 4 is 29.9 Å². The third-order valence-corrected chi connectivity index (χ3v) is 3.46. The summed E-state index contributed by atoms with van der Waals surface area (Å²) in [4.78, 5) is 6.95. The molecule has 1 aromatic heterocycles. The Morgan fingerprint density at radius 2 is 2.13 bits per heavy atom. The van der Waals surface area contributed by atoms with Gasteiger partial charge in [0.05, 0.1) is 0 Å². The first-order chi connectivity index (χ1) is 10.6. The van der Waals surface area contributed by atoms with Crippen molar-refractivity contribution in [2.45, 2.75) is 53.5 Å². The summed E-state index contributed by atoms with van der Waals surface area (Å²) in [6.07, 6.45) is 5.09. The number of hydrogen-bond acceptors (Lipinski definition) is 3. The molecule has 0 bridgehead atoms. The number of aryl methyl sites for hydroxylation is 1. The van der Waals surface area contributed by atoms with E-state index in [-0.39, 0.29) is 24.0 Å². The highest BCUT2D eigenvalue weighted by atomic mass is 127. The molecule has 0 spiro atoms. The highest BCUT2D eigenvalue weighted by Crippen LogP contribution is 1.98. The second-order valence-corrected chi connectivity index (χ2v) is 6.05. The van der Waals surface area contributed by atoms with Gasteiger partial charge in [-0.15, -0.1) is 34.2 Å². The van der Waals surface area contributed by atoms with Gasteiger partial charge in [0.15, 0.2) is 5.96 Å². The molecule has 1 heterocycles. The molecule has 6 nitrogen and oxygen atoms in total. The molecule has 134 valence electrons. The zero-order valence-electron chi connectivity index (χ0n) is 15.2. The van der Waals surface area contributed by atoms with Gasteiger partial charge in [-0.2, -0.15) is 0 Å². The molecule has 0 radical (unpaired) electrons. The van der Waals surface area contributed by atoms with Crippen LogP contribution in [0.2, 0.25) is 0 Å². The molecular formula is C16H33IN6. The molecule has 0 unspecified atom stereocenters. The fourth-order valence-electron chi connectivity index (χ4n) is 2.11. The Kier molecular flexibility index (Phi) is 12.1. The molecular weight excluding hydrogens is 403 g/mol. The van der Waals surface area contributed by atoms with Crippen LogP contribution in [0.5, 0.6) is 0 Å². The van der Waals surface area contributed by atoms with Crippen molar-refractivity contribution in [1.29, 1.82) is 0 Å².